The molecule has 0 aromatic carbocycles. The van der Waals surface area contributed by atoms with Crippen molar-refractivity contribution >= 4 is 11.9 Å². The monoisotopic (exact) mass is 263 g/mol. The van der Waals surface area contributed by atoms with E-state index in [0.29, 0.717) is 0 Å². The van der Waals surface area contributed by atoms with Gasteiger partial charge in [0.2, 0.25) is 5.91 Å². The molecule has 1 saturated heterocycles. The van der Waals surface area contributed by atoms with E-state index in [1.807, 2.05) is 14.0 Å². The molecule has 2 atom stereocenters. The van der Waals surface area contributed by atoms with Crippen molar-refractivity contribution < 1.29 is 14.7 Å². The van der Waals surface area contributed by atoms with Crippen LogP contribution in [0.2, 0.25) is 0 Å². The Hall–Kier alpha value is -1.85. The molecule has 6 heteroatoms. The molecule has 102 valence electrons. The van der Waals surface area contributed by atoms with Gasteiger partial charge in [0.25, 0.3) is 0 Å². The van der Waals surface area contributed by atoms with E-state index < -0.39 is 11.9 Å². The predicted molar refractivity (Wildman–Crippen MR) is 66.3 cm³/mol. The Morgan fingerprint density at radius 3 is 2.63 bits per heavy atom. The van der Waals surface area contributed by atoms with Gasteiger partial charge in [-0.05, 0) is 19.8 Å². The van der Waals surface area contributed by atoms with Gasteiger partial charge in [0.05, 0.1) is 18.2 Å². The minimum absolute atomic E-state index is 0.0387. The van der Waals surface area contributed by atoms with Crippen molar-refractivity contribution in [2.24, 2.45) is 13.0 Å². The second-order valence-corrected chi connectivity index (χ2v) is 5.43. The molecule has 2 aliphatic rings. The Labute approximate surface area is 111 Å². The Bertz CT molecular complexity index is 547. The minimum Gasteiger partial charge on any atom is -0.481 e. The number of likely N-dealkylation sites (tertiary alicyclic amines) is 1. The number of aromatic nitrogens is 2. The summed E-state index contributed by atoms with van der Waals surface area (Å²) in [6.45, 7) is 1.91. The van der Waals surface area contributed by atoms with Gasteiger partial charge in [-0.3, -0.25) is 14.3 Å². The van der Waals surface area contributed by atoms with Gasteiger partial charge < -0.3 is 10.0 Å². The molecular weight excluding hydrogens is 246 g/mol. The van der Waals surface area contributed by atoms with Crippen LogP contribution in [-0.2, 0) is 16.6 Å². The maximum Gasteiger partial charge on any atom is 0.309 e. The van der Waals surface area contributed by atoms with E-state index in [4.69, 9.17) is 0 Å². The van der Waals surface area contributed by atoms with Crippen LogP contribution in [0.3, 0.4) is 0 Å². The molecule has 0 unspecified atom stereocenters. The predicted octanol–water partition coefficient (Wildman–Crippen LogP) is 0.865. The zero-order valence-corrected chi connectivity index (χ0v) is 11.0. The third kappa shape index (κ3) is 1.82. The Morgan fingerprint density at radius 1 is 1.47 bits per heavy atom. The average Bonchev–Trinajstić information content (AvgIpc) is 3.06. The summed E-state index contributed by atoms with van der Waals surface area (Å²) in [5, 5.41) is 13.6. The average molecular weight is 263 g/mol. The molecule has 1 aliphatic carbocycles. The fourth-order valence-corrected chi connectivity index (χ4v) is 2.93. The number of aliphatic carboxylic acids is 1. The van der Waals surface area contributed by atoms with Crippen molar-refractivity contribution in [2.45, 2.75) is 38.3 Å². The van der Waals surface area contributed by atoms with Crippen LogP contribution in [0.4, 0.5) is 0 Å². The number of carbonyl (C=O) groups is 2. The van der Waals surface area contributed by atoms with Gasteiger partial charge in [-0.2, -0.15) is 5.10 Å². The minimum atomic E-state index is -0.898. The zero-order valence-electron chi connectivity index (χ0n) is 11.0. The number of hydrogen-bond donors (Lipinski definition) is 1. The van der Waals surface area contributed by atoms with Crippen molar-refractivity contribution in [3.63, 3.8) is 0 Å². The maximum atomic E-state index is 12.1. The van der Waals surface area contributed by atoms with Gasteiger partial charge in [0.1, 0.15) is 0 Å². The van der Waals surface area contributed by atoms with Gasteiger partial charge in [-0.1, -0.05) is 0 Å². The van der Waals surface area contributed by atoms with Crippen LogP contribution in [0.25, 0.3) is 0 Å². The van der Waals surface area contributed by atoms with Crippen LogP contribution in [0.1, 0.15) is 36.6 Å². The second kappa shape index (κ2) is 4.08. The molecule has 0 radical (unpaired) electrons. The lowest BCUT2D eigenvalue weighted by Gasteiger charge is -2.26. The first-order chi connectivity index (χ1) is 9.00. The van der Waals surface area contributed by atoms with Crippen LogP contribution in [0.5, 0.6) is 0 Å². The van der Waals surface area contributed by atoms with Crippen molar-refractivity contribution in [3.8, 4) is 0 Å². The van der Waals surface area contributed by atoms with Gasteiger partial charge in [0.15, 0.2) is 0 Å². The summed E-state index contributed by atoms with van der Waals surface area (Å²) in [5.74, 6) is -1.59. The van der Waals surface area contributed by atoms with Crippen molar-refractivity contribution in [3.05, 3.63) is 17.5 Å². The van der Waals surface area contributed by atoms with Gasteiger partial charge >= 0.3 is 5.97 Å². The first-order valence-corrected chi connectivity index (χ1v) is 6.53. The smallest absolute Gasteiger partial charge is 0.309 e. The molecule has 0 spiro atoms. The lowest BCUT2D eigenvalue weighted by molar-refractivity contribution is -0.142. The van der Waals surface area contributed by atoms with E-state index in [-0.39, 0.29) is 24.4 Å². The number of carbonyl (C=O) groups excluding carboxylic acids is 1. The third-order valence-corrected chi connectivity index (χ3v) is 4.21. The maximum absolute atomic E-state index is 12.1. The number of amides is 1. The number of aryl methyl sites for hydroxylation is 1. The molecule has 2 fully saturated rings. The zero-order chi connectivity index (χ0) is 13.7. The highest BCUT2D eigenvalue weighted by Gasteiger charge is 2.50. The number of hydrogen-bond acceptors (Lipinski definition) is 3. The first-order valence-electron chi connectivity index (χ1n) is 6.53. The van der Waals surface area contributed by atoms with E-state index in [2.05, 4.69) is 5.10 Å². The largest absolute Gasteiger partial charge is 0.481 e. The quantitative estimate of drug-likeness (QED) is 0.877. The summed E-state index contributed by atoms with van der Waals surface area (Å²) in [4.78, 5) is 25.3. The Morgan fingerprint density at radius 2 is 2.16 bits per heavy atom. The summed E-state index contributed by atoms with van der Waals surface area (Å²) in [6.07, 6.45) is 3.76. The Balaban J connectivity index is 2.04. The Kier molecular flexibility index (Phi) is 2.62. The first kappa shape index (κ1) is 12.2. The van der Waals surface area contributed by atoms with Crippen LogP contribution < -0.4 is 0 Å². The molecular formula is C13H17N3O3. The molecule has 1 N–H and O–H groups in total. The van der Waals surface area contributed by atoms with E-state index in [1.54, 1.807) is 15.8 Å². The summed E-state index contributed by atoms with van der Waals surface area (Å²) in [5.41, 5.74) is 1.80. The van der Waals surface area contributed by atoms with Crippen LogP contribution in [0.15, 0.2) is 6.20 Å². The third-order valence-electron chi connectivity index (χ3n) is 4.21. The molecule has 0 bridgehead atoms. The molecule has 19 heavy (non-hydrogen) atoms. The number of carboxylic acid groups (broad SMARTS) is 1. The van der Waals surface area contributed by atoms with E-state index in [9.17, 15) is 14.7 Å². The molecule has 1 amide bonds. The highest BCUT2D eigenvalue weighted by Crippen LogP contribution is 2.45. The molecule has 1 aromatic heterocycles. The van der Waals surface area contributed by atoms with E-state index in [0.717, 1.165) is 24.1 Å². The summed E-state index contributed by atoms with van der Waals surface area (Å²) in [7, 11) is 1.83. The lowest BCUT2D eigenvalue weighted by Crippen LogP contribution is -2.32. The van der Waals surface area contributed by atoms with E-state index in [1.165, 1.54) is 0 Å². The molecule has 1 aliphatic heterocycles. The van der Waals surface area contributed by atoms with Crippen LogP contribution in [0, 0.1) is 12.8 Å². The molecule has 2 heterocycles. The number of rotatable bonds is 3. The van der Waals surface area contributed by atoms with Crippen molar-refractivity contribution in [1.29, 1.82) is 0 Å². The van der Waals surface area contributed by atoms with Gasteiger partial charge in [-0.25, -0.2) is 0 Å². The SMILES string of the molecule is Cc1c([C@@H]2[C@@H](C(=O)O)CC(=O)N2C2CC2)cnn1C. The van der Waals surface area contributed by atoms with E-state index >= 15 is 0 Å². The normalized spacial score (nSPS) is 27.1. The van der Waals surface area contributed by atoms with Gasteiger partial charge in [0, 0.05) is 30.8 Å². The number of carboxylic acids is 1. The molecule has 1 aromatic rings. The van der Waals surface area contributed by atoms with Gasteiger partial charge in [-0.15, -0.1) is 0 Å². The highest BCUT2D eigenvalue weighted by molar-refractivity contribution is 5.87. The molecule has 6 nitrogen and oxygen atoms in total. The summed E-state index contributed by atoms with van der Waals surface area (Å²) < 4.78 is 1.72. The topological polar surface area (TPSA) is 75.4 Å². The highest BCUT2D eigenvalue weighted by atomic mass is 16.4. The van der Waals surface area contributed by atoms with Crippen molar-refractivity contribution in [2.75, 3.05) is 0 Å². The molecule has 1 saturated carbocycles. The lowest BCUT2D eigenvalue weighted by atomic mass is 9.94. The summed E-state index contributed by atoms with van der Waals surface area (Å²) >= 11 is 0. The summed E-state index contributed by atoms with van der Waals surface area (Å²) in [6, 6.07) is -0.132. The fourth-order valence-electron chi connectivity index (χ4n) is 2.93. The standard InChI is InChI=1S/C13H17N3O3/c1-7-10(6-14-15(7)2)12-9(13(18)19)5-11(17)16(12)8-3-4-8/h6,8-9,12H,3-5H2,1-2H3,(H,18,19)/t9-,12-/m0/s1. The molecule has 3 rings (SSSR count). The second-order valence-electron chi connectivity index (χ2n) is 5.43. The van der Waals surface area contributed by atoms with Crippen LogP contribution in [-0.4, -0.2) is 37.7 Å². The van der Waals surface area contributed by atoms with Crippen molar-refractivity contribution in [1.82, 2.24) is 14.7 Å². The van der Waals surface area contributed by atoms with Crippen LogP contribution >= 0.6 is 0 Å². The number of nitrogens with zero attached hydrogens (tertiary/aromatic N) is 3. The fraction of sp³-hybridized carbons (Fsp3) is 0.615.